The molecule has 0 aliphatic rings. The summed E-state index contributed by atoms with van der Waals surface area (Å²) >= 11 is 7.37. The summed E-state index contributed by atoms with van der Waals surface area (Å²) in [6.45, 7) is 0.627. The van der Waals surface area contributed by atoms with Gasteiger partial charge in [0.2, 0.25) is 0 Å². The Morgan fingerprint density at radius 3 is 2.75 bits per heavy atom. The van der Waals surface area contributed by atoms with Crippen molar-refractivity contribution in [2.24, 2.45) is 5.73 Å². The van der Waals surface area contributed by atoms with E-state index in [0.29, 0.717) is 11.6 Å². The molecule has 0 saturated heterocycles. The molecule has 1 aromatic carbocycles. The number of benzene rings is 1. The van der Waals surface area contributed by atoms with Crippen LogP contribution in [0.25, 0.3) is 11.3 Å². The summed E-state index contributed by atoms with van der Waals surface area (Å²) in [5.74, 6) is 0.829. The van der Waals surface area contributed by atoms with Crippen LogP contribution in [0.5, 0.6) is 0 Å². The number of nitrogens with two attached hydrogens (primary N) is 1. The molecule has 0 amide bonds. The van der Waals surface area contributed by atoms with Crippen molar-refractivity contribution in [2.45, 2.75) is 5.09 Å². The van der Waals surface area contributed by atoms with Crippen molar-refractivity contribution in [2.75, 3.05) is 12.3 Å². The third-order valence-corrected chi connectivity index (χ3v) is 3.16. The van der Waals surface area contributed by atoms with Gasteiger partial charge in [0.1, 0.15) is 5.69 Å². The van der Waals surface area contributed by atoms with E-state index in [-0.39, 0.29) is 0 Å². The average Bonchev–Trinajstić information content (AvgIpc) is 2.76. The Kier molecular flexibility index (Phi) is 3.88. The maximum absolute atomic E-state index is 5.81. The van der Waals surface area contributed by atoms with Crippen LogP contribution in [-0.4, -0.2) is 17.5 Å². The fourth-order valence-corrected chi connectivity index (χ4v) is 1.97. The number of nitrogens with zero attached hydrogens (tertiary/aromatic N) is 1. The number of aromatic nitrogens is 1. The van der Waals surface area contributed by atoms with Crippen molar-refractivity contribution < 1.29 is 4.52 Å². The molecular weight excluding hydrogens is 244 g/mol. The molecule has 5 heteroatoms. The molecule has 1 heterocycles. The highest BCUT2D eigenvalue weighted by Gasteiger charge is 2.06. The van der Waals surface area contributed by atoms with Gasteiger partial charge in [-0.1, -0.05) is 40.7 Å². The Bertz CT molecular complexity index is 455. The van der Waals surface area contributed by atoms with Crippen molar-refractivity contribution in [3.63, 3.8) is 0 Å². The second kappa shape index (κ2) is 5.39. The zero-order valence-electron chi connectivity index (χ0n) is 8.52. The van der Waals surface area contributed by atoms with Crippen LogP contribution in [0.3, 0.4) is 0 Å². The second-order valence-corrected chi connectivity index (χ2v) is 4.71. The van der Waals surface area contributed by atoms with Gasteiger partial charge in [-0.25, -0.2) is 0 Å². The molecule has 16 heavy (non-hydrogen) atoms. The van der Waals surface area contributed by atoms with Gasteiger partial charge < -0.3 is 10.3 Å². The van der Waals surface area contributed by atoms with Gasteiger partial charge in [0, 0.05) is 29.0 Å². The van der Waals surface area contributed by atoms with Crippen LogP contribution in [0.2, 0.25) is 5.02 Å². The van der Waals surface area contributed by atoms with Crippen molar-refractivity contribution in [1.82, 2.24) is 5.16 Å². The Labute approximate surface area is 103 Å². The maximum Gasteiger partial charge on any atom is 0.193 e. The first-order chi connectivity index (χ1) is 7.79. The molecule has 2 aromatic rings. The second-order valence-electron chi connectivity index (χ2n) is 3.18. The summed E-state index contributed by atoms with van der Waals surface area (Å²) in [6.07, 6.45) is 0. The lowest BCUT2D eigenvalue weighted by Gasteiger charge is -1.94. The minimum absolute atomic E-state index is 0.627. The first-order valence-corrected chi connectivity index (χ1v) is 6.21. The third-order valence-electron chi connectivity index (χ3n) is 1.99. The molecule has 0 radical (unpaired) electrons. The van der Waals surface area contributed by atoms with Gasteiger partial charge >= 0.3 is 0 Å². The molecule has 0 spiro atoms. The van der Waals surface area contributed by atoms with Crippen molar-refractivity contribution in [3.8, 4) is 11.3 Å². The number of rotatable bonds is 4. The minimum atomic E-state index is 0.627. The van der Waals surface area contributed by atoms with Crippen LogP contribution >= 0.6 is 23.4 Å². The highest BCUT2D eigenvalue weighted by Crippen LogP contribution is 2.25. The molecule has 0 unspecified atom stereocenters. The third kappa shape index (κ3) is 2.78. The molecule has 1 aromatic heterocycles. The highest BCUT2D eigenvalue weighted by atomic mass is 35.5. The van der Waals surface area contributed by atoms with E-state index in [1.54, 1.807) is 11.8 Å². The lowest BCUT2D eigenvalue weighted by atomic mass is 10.2. The zero-order valence-corrected chi connectivity index (χ0v) is 10.1. The largest absolute Gasteiger partial charge is 0.349 e. The topological polar surface area (TPSA) is 52.0 Å². The Balaban J connectivity index is 2.15. The molecule has 2 N–H and O–H groups in total. The zero-order chi connectivity index (χ0) is 11.4. The van der Waals surface area contributed by atoms with Gasteiger partial charge in [-0.05, 0) is 12.1 Å². The van der Waals surface area contributed by atoms with Crippen molar-refractivity contribution in [1.29, 1.82) is 0 Å². The number of hydrogen-bond donors (Lipinski definition) is 1. The van der Waals surface area contributed by atoms with E-state index in [1.807, 2.05) is 30.3 Å². The van der Waals surface area contributed by atoms with Gasteiger partial charge in [0.25, 0.3) is 0 Å². The number of thioether (sulfide) groups is 1. The van der Waals surface area contributed by atoms with Gasteiger partial charge in [-0.15, -0.1) is 0 Å². The van der Waals surface area contributed by atoms with Crippen LogP contribution in [0, 0.1) is 0 Å². The smallest absolute Gasteiger partial charge is 0.193 e. The summed E-state index contributed by atoms with van der Waals surface area (Å²) in [5, 5.41) is 5.49. The quantitative estimate of drug-likeness (QED) is 0.852. The molecule has 3 nitrogen and oxygen atoms in total. The predicted octanol–water partition coefficient (Wildman–Crippen LogP) is 3.05. The SMILES string of the molecule is NCCSc1cc(-c2ccc(Cl)cc2)no1. The van der Waals surface area contributed by atoms with Gasteiger partial charge in [-0.2, -0.15) is 0 Å². The summed E-state index contributed by atoms with van der Waals surface area (Å²) in [6, 6.07) is 9.40. The van der Waals surface area contributed by atoms with E-state index in [4.69, 9.17) is 21.9 Å². The predicted molar refractivity (Wildman–Crippen MR) is 66.7 cm³/mol. The Morgan fingerprint density at radius 1 is 1.31 bits per heavy atom. The van der Waals surface area contributed by atoms with Gasteiger partial charge in [-0.3, -0.25) is 0 Å². The maximum atomic E-state index is 5.81. The van der Waals surface area contributed by atoms with E-state index in [1.165, 1.54) is 0 Å². The van der Waals surface area contributed by atoms with Gasteiger partial charge in [0.15, 0.2) is 5.09 Å². The van der Waals surface area contributed by atoms with Crippen LogP contribution in [0.1, 0.15) is 0 Å². The highest BCUT2D eigenvalue weighted by molar-refractivity contribution is 7.99. The molecule has 0 saturated carbocycles. The van der Waals surface area contributed by atoms with E-state index in [0.717, 1.165) is 22.1 Å². The van der Waals surface area contributed by atoms with E-state index < -0.39 is 0 Å². The normalized spacial score (nSPS) is 10.6. The van der Waals surface area contributed by atoms with Crippen molar-refractivity contribution >= 4 is 23.4 Å². The monoisotopic (exact) mass is 254 g/mol. The molecule has 0 fully saturated rings. The van der Waals surface area contributed by atoms with Crippen LogP contribution in [0.4, 0.5) is 0 Å². The van der Waals surface area contributed by atoms with Crippen LogP contribution in [0.15, 0.2) is 39.9 Å². The first-order valence-electron chi connectivity index (χ1n) is 4.85. The fraction of sp³-hybridized carbons (Fsp3) is 0.182. The summed E-state index contributed by atoms with van der Waals surface area (Å²) in [7, 11) is 0. The molecular formula is C11H11ClN2OS. The molecule has 84 valence electrons. The van der Waals surface area contributed by atoms with Gasteiger partial charge in [0.05, 0.1) is 0 Å². The first kappa shape index (κ1) is 11.5. The molecule has 2 rings (SSSR count). The van der Waals surface area contributed by atoms with Crippen LogP contribution < -0.4 is 5.73 Å². The molecule has 0 atom stereocenters. The Morgan fingerprint density at radius 2 is 2.06 bits per heavy atom. The molecule has 0 aliphatic carbocycles. The van der Waals surface area contributed by atoms with Crippen LogP contribution in [-0.2, 0) is 0 Å². The summed E-state index contributed by atoms with van der Waals surface area (Å²) < 4.78 is 5.18. The van der Waals surface area contributed by atoms with E-state index in [2.05, 4.69) is 5.16 Å². The number of halogens is 1. The van der Waals surface area contributed by atoms with E-state index >= 15 is 0 Å². The standard InChI is InChI=1S/C11H11ClN2OS/c12-9-3-1-8(2-4-9)10-7-11(15-14-10)16-6-5-13/h1-4,7H,5-6,13H2. The number of hydrogen-bond acceptors (Lipinski definition) is 4. The summed E-state index contributed by atoms with van der Waals surface area (Å²) in [5.41, 5.74) is 7.22. The molecule has 0 aliphatic heterocycles. The lowest BCUT2D eigenvalue weighted by Crippen LogP contribution is -2.00. The van der Waals surface area contributed by atoms with Crippen molar-refractivity contribution in [3.05, 3.63) is 35.4 Å². The Hall–Kier alpha value is -0.970. The average molecular weight is 255 g/mol. The summed E-state index contributed by atoms with van der Waals surface area (Å²) in [4.78, 5) is 0. The molecule has 0 bridgehead atoms. The minimum Gasteiger partial charge on any atom is -0.349 e. The lowest BCUT2D eigenvalue weighted by molar-refractivity contribution is 0.351. The van der Waals surface area contributed by atoms with E-state index in [9.17, 15) is 0 Å². The fourth-order valence-electron chi connectivity index (χ4n) is 1.24.